The van der Waals surface area contributed by atoms with Crippen LogP contribution in [0.15, 0.2) is 24.4 Å². The number of hydrogen-bond donors (Lipinski definition) is 4. The van der Waals surface area contributed by atoms with E-state index in [9.17, 15) is 15.2 Å². The van der Waals surface area contributed by atoms with Gasteiger partial charge in [0.15, 0.2) is 0 Å². The molecule has 4 N–H and O–H groups in total. The Bertz CT molecular complexity index is 1120. The van der Waals surface area contributed by atoms with E-state index in [1.807, 2.05) is 6.07 Å². The summed E-state index contributed by atoms with van der Waals surface area (Å²) in [7, 11) is 0. The molecule has 1 fully saturated rings. The Morgan fingerprint density at radius 3 is 2.90 bits per heavy atom. The number of nitrogens with zero attached hydrogens (tertiary/aromatic N) is 2. The molecule has 0 aliphatic heterocycles. The first kappa shape index (κ1) is 19.2. The standard InChI is InChI=1S/C22H25N5O2/c1-22(2,29)7-8-24-21(28)16-12-26-18-15-6-5-14(10-23)9-17(15)27-20(18)19(16)25-11-13-3-4-13/h5-6,9,12-13,27,29H,3-4,7-8,11H2,1-2H3,(H,24,28)(H,25,26). The van der Waals surface area contributed by atoms with Crippen molar-refractivity contribution in [2.75, 3.05) is 18.4 Å². The normalized spacial score (nSPS) is 14.1. The molecule has 7 heteroatoms. The second-order valence-electron chi connectivity index (χ2n) is 8.41. The molecule has 1 aliphatic rings. The van der Waals surface area contributed by atoms with Gasteiger partial charge in [-0.1, -0.05) is 0 Å². The highest BCUT2D eigenvalue weighted by molar-refractivity contribution is 6.13. The number of carbonyl (C=O) groups is 1. The molecular formula is C22H25N5O2. The number of amides is 1. The zero-order valence-electron chi connectivity index (χ0n) is 16.7. The molecule has 0 radical (unpaired) electrons. The number of aromatic nitrogens is 2. The number of aromatic amines is 1. The topological polar surface area (TPSA) is 114 Å². The summed E-state index contributed by atoms with van der Waals surface area (Å²) in [6, 6.07) is 7.60. The molecule has 1 aliphatic carbocycles. The van der Waals surface area contributed by atoms with Gasteiger partial charge in [0.2, 0.25) is 0 Å². The molecule has 0 unspecified atom stereocenters. The van der Waals surface area contributed by atoms with Gasteiger partial charge < -0.3 is 20.7 Å². The van der Waals surface area contributed by atoms with Crippen LogP contribution in [0.5, 0.6) is 0 Å². The number of anilines is 1. The Morgan fingerprint density at radius 2 is 2.21 bits per heavy atom. The van der Waals surface area contributed by atoms with Gasteiger partial charge in [-0.15, -0.1) is 0 Å². The maximum absolute atomic E-state index is 12.8. The summed E-state index contributed by atoms with van der Waals surface area (Å²) >= 11 is 0. The number of H-pyrrole nitrogens is 1. The average molecular weight is 391 g/mol. The van der Waals surface area contributed by atoms with E-state index in [4.69, 9.17) is 0 Å². The second-order valence-corrected chi connectivity index (χ2v) is 8.41. The summed E-state index contributed by atoms with van der Waals surface area (Å²) in [6.45, 7) is 4.62. The van der Waals surface area contributed by atoms with Crippen LogP contribution in [0.3, 0.4) is 0 Å². The fraction of sp³-hybridized carbons (Fsp3) is 0.409. The van der Waals surface area contributed by atoms with E-state index >= 15 is 0 Å². The van der Waals surface area contributed by atoms with E-state index in [-0.39, 0.29) is 5.91 Å². The molecule has 0 bridgehead atoms. The number of nitrogens with one attached hydrogen (secondary N) is 3. The van der Waals surface area contributed by atoms with Gasteiger partial charge in [-0.05, 0) is 57.2 Å². The van der Waals surface area contributed by atoms with E-state index < -0.39 is 5.60 Å². The van der Waals surface area contributed by atoms with Crippen LogP contribution in [0.25, 0.3) is 21.9 Å². The molecule has 29 heavy (non-hydrogen) atoms. The van der Waals surface area contributed by atoms with Gasteiger partial charge in [0.05, 0.1) is 39.5 Å². The minimum absolute atomic E-state index is 0.224. The first-order chi connectivity index (χ1) is 13.9. The van der Waals surface area contributed by atoms with Crippen molar-refractivity contribution in [3.05, 3.63) is 35.5 Å². The Morgan fingerprint density at radius 1 is 1.41 bits per heavy atom. The number of hydrogen-bond acceptors (Lipinski definition) is 5. The molecule has 2 heterocycles. The molecule has 0 atom stereocenters. The SMILES string of the molecule is CC(C)(O)CCNC(=O)c1cnc2c([nH]c3cc(C#N)ccc32)c1NCC1CC1. The van der Waals surface area contributed by atoms with Crippen LogP contribution < -0.4 is 10.6 Å². The van der Waals surface area contributed by atoms with Crippen LogP contribution in [0, 0.1) is 17.2 Å². The monoisotopic (exact) mass is 391 g/mol. The van der Waals surface area contributed by atoms with E-state index in [1.54, 1.807) is 32.2 Å². The number of nitriles is 1. The van der Waals surface area contributed by atoms with Crippen molar-refractivity contribution in [2.45, 2.75) is 38.7 Å². The minimum Gasteiger partial charge on any atom is -0.390 e. The number of aliphatic hydroxyl groups is 1. The van der Waals surface area contributed by atoms with Crippen molar-refractivity contribution in [3.63, 3.8) is 0 Å². The van der Waals surface area contributed by atoms with E-state index in [2.05, 4.69) is 26.7 Å². The molecule has 7 nitrogen and oxygen atoms in total. The number of benzene rings is 1. The van der Waals surface area contributed by atoms with Crippen molar-refractivity contribution in [3.8, 4) is 6.07 Å². The van der Waals surface area contributed by atoms with Crippen molar-refractivity contribution in [2.24, 2.45) is 5.92 Å². The largest absolute Gasteiger partial charge is 0.390 e. The molecule has 0 saturated heterocycles. The van der Waals surface area contributed by atoms with Crippen LogP contribution in [0.4, 0.5) is 5.69 Å². The lowest BCUT2D eigenvalue weighted by molar-refractivity contribution is 0.0693. The number of carbonyl (C=O) groups excluding carboxylic acids is 1. The minimum atomic E-state index is -0.835. The van der Waals surface area contributed by atoms with Gasteiger partial charge in [-0.25, -0.2) is 0 Å². The molecule has 4 rings (SSSR count). The van der Waals surface area contributed by atoms with E-state index in [0.717, 1.165) is 34.2 Å². The maximum atomic E-state index is 12.8. The summed E-state index contributed by atoms with van der Waals surface area (Å²) in [6.07, 6.45) is 4.46. The van der Waals surface area contributed by atoms with Crippen LogP contribution in [0.1, 0.15) is 49.0 Å². The van der Waals surface area contributed by atoms with E-state index in [0.29, 0.717) is 30.0 Å². The molecule has 1 aromatic carbocycles. The van der Waals surface area contributed by atoms with Crippen molar-refractivity contribution < 1.29 is 9.90 Å². The third-order valence-corrected chi connectivity index (χ3v) is 5.27. The van der Waals surface area contributed by atoms with Crippen LogP contribution >= 0.6 is 0 Å². The fourth-order valence-electron chi connectivity index (χ4n) is 3.40. The van der Waals surface area contributed by atoms with Crippen LogP contribution in [-0.2, 0) is 0 Å². The summed E-state index contributed by atoms with van der Waals surface area (Å²) in [4.78, 5) is 20.7. The van der Waals surface area contributed by atoms with Gasteiger partial charge in [-0.3, -0.25) is 9.78 Å². The lowest BCUT2D eigenvalue weighted by Gasteiger charge is -2.18. The van der Waals surface area contributed by atoms with Crippen molar-refractivity contribution in [1.82, 2.24) is 15.3 Å². The first-order valence-corrected chi connectivity index (χ1v) is 9.95. The van der Waals surface area contributed by atoms with Gasteiger partial charge in [0.1, 0.15) is 0 Å². The third kappa shape index (κ3) is 4.17. The van der Waals surface area contributed by atoms with Gasteiger partial charge in [0.25, 0.3) is 5.91 Å². The Hall–Kier alpha value is -3.11. The van der Waals surface area contributed by atoms with E-state index in [1.165, 1.54) is 12.8 Å². The average Bonchev–Trinajstić information content (AvgIpc) is 3.43. The van der Waals surface area contributed by atoms with Crippen LogP contribution in [0.2, 0.25) is 0 Å². The molecule has 1 saturated carbocycles. The quantitative estimate of drug-likeness (QED) is 0.493. The number of rotatable bonds is 7. The first-order valence-electron chi connectivity index (χ1n) is 9.95. The zero-order valence-corrected chi connectivity index (χ0v) is 16.7. The molecule has 150 valence electrons. The maximum Gasteiger partial charge on any atom is 0.255 e. The van der Waals surface area contributed by atoms with Gasteiger partial charge in [0, 0.05) is 30.2 Å². The molecule has 3 aromatic rings. The third-order valence-electron chi connectivity index (χ3n) is 5.27. The summed E-state index contributed by atoms with van der Waals surface area (Å²) in [5, 5.41) is 26.3. The predicted molar refractivity (Wildman–Crippen MR) is 113 cm³/mol. The highest BCUT2D eigenvalue weighted by atomic mass is 16.3. The Labute approximate surface area is 169 Å². The highest BCUT2D eigenvalue weighted by Crippen LogP contribution is 2.34. The highest BCUT2D eigenvalue weighted by Gasteiger charge is 2.24. The number of pyridine rings is 1. The molecule has 2 aromatic heterocycles. The molecule has 1 amide bonds. The lowest BCUT2D eigenvalue weighted by Crippen LogP contribution is -2.31. The zero-order chi connectivity index (χ0) is 20.6. The van der Waals surface area contributed by atoms with Gasteiger partial charge in [-0.2, -0.15) is 5.26 Å². The smallest absolute Gasteiger partial charge is 0.255 e. The van der Waals surface area contributed by atoms with Crippen LogP contribution in [-0.4, -0.2) is 39.7 Å². The number of fused-ring (bicyclic) bond motifs is 3. The fourth-order valence-corrected chi connectivity index (χ4v) is 3.40. The Kier molecular flexibility index (Phi) is 4.89. The van der Waals surface area contributed by atoms with Crippen molar-refractivity contribution in [1.29, 1.82) is 5.26 Å². The Balaban J connectivity index is 1.72. The summed E-state index contributed by atoms with van der Waals surface area (Å²) < 4.78 is 0. The predicted octanol–water partition coefficient (Wildman–Crippen LogP) is 3.30. The summed E-state index contributed by atoms with van der Waals surface area (Å²) in [5.74, 6) is 0.414. The van der Waals surface area contributed by atoms with Gasteiger partial charge >= 0.3 is 0 Å². The molecule has 0 spiro atoms. The second kappa shape index (κ2) is 7.37. The van der Waals surface area contributed by atoms with Crippen molar-refractivity contribution >= 4 is 33.5 Å². The lowest BCUT2D eigenvalue weighted by atomic mass is 10.1. The summed E-state index contributed by atoms with van der Waals surface area (Å²) in [5.41, 5.74) is 3.31. The molecular weight excluding hydrogens is 366 g/mol.